The van der Waals surface area contributed by atoms with Gasteiger partial charge >= 0.3 is 0 Å². The van der Waals surface area contributed by atoms with Gasteiger partial charge in [0.1, 0.15) is 5.78 Å². The number of Topliss-reactive ketones (excluding diaryl/α,β-unsaturated/α-hetero) is 1. The minimum absolute atomic E-state index is 0.383. The maximum Gasteiger partial charge on any atom is 0.133 e. The van der Waals surface area contributed by atoms with Gasteiger partial charge in [-0.15, -0.1) is 0 Å². The topological polar surface area (TPSA) is 20.3 Å². The number of carbonyl (C=O) groups excluding carboxylic acids is 1. The molecule has 0 spiro atoms. The molecule has 2 nitrogen and oxygen atoms in total. The molecule has 1 atom stereocenters. The predicted molar refractivity (Wildman–Crippen MR) is 78.1 cm³/mol. The fourth-order valence-electron chi connectivity index (χ4n) is 3.22. The van der Waals surface area contributed by atoms with Crippen LogP contribution in [0, 0.1) is 0 Å². The highest BCUT2D eigenvalue weighted by Gasteiger charge is 2.30. The Bertz CT molecular complexity index is 518. The van der Waals surface area contributed by atoms with Crippen LogP contribution in [0.4, 0.5) is 0 Å². The lowest BCUT2D eigenvalue weighted by Gasteiger charge is -2.33. The Hall–Kier alpha value is -1.41. The molecule has 1 aromatic carbocycles. The van der Waals surface area contributed by atoms with E-state index in [2.05, 4.69) is 35.2 Å². The second-order valence-corrected chi connectivity index (χ2v) is 5.59. The third-order valence-electron chi connectivity index (χ3n) is 4.42. The van der Waals surface area contributed by atoms with E-state index in [0.717, 1.165) is 26.1 Å². The number of hydrogen-bond acceptors (Lipinski definition) is 2. The van der Waals surface area contributed by atoms with E-state index >= 15 is 0 Å². The van der Waals surface area contributed by atoms with Crippen LogP contribution in [-0.2, 0) is 4.79 Å². The average molecular weight is 255 g/mol. The van der Waals surface area contributed by atoms with Crippen molar-refractivity contribution in [1.82, 2.24) is 4.90 Å². The summed E-state index contributed by atoms with van der Waals surface area (Å²) >= 11 is 0. The normalized spacial score (nSPS) is 21.7. The van der Waals surface area contributed by atoms with Crippen LogP contribution in [0.3, 0.4) is 0 Å². The van der Waals surface area contributed by atoms with Gasteiger partial charge in [0, 0.05) is 38.4 Å². The van der Waals surface area contributed by atoms with E-state index in [1.165, 1.54) is 11.1 Å². The van der Waals surface area contributed by atoms with Crippen LogP contribution < -0.4 is 0 Å². The van der Waals surface area contributed by atoms with Crippen LogP contribution in [0.1, 0.15) is 43.2 Å². The Morgan fingerprint density at radius 2 is 2.21 bits per heavy atom. The molecule has 0 N–H and O–H groups in total. The second-order valence-electron chi connectivity index (χ2n) is 5.59. The predicted octanol–water partition coefficient (Wildman–Crippen LogP) is 3.24. The first-order valence-corrected chi connectivity index (χ1v) is 7.31. The van der Waals surface area contributed by atoms with Gasteiger partial charge < -0.3 is 4.90 Å². The molecule has 1 saturated heterocycles. The van der Waals surface area contributed by atoms with Gasteiger partial charge in [-0.1, -0.05) is 42.8 Å². The van der Waals surface area contributed by atoms with Gasteiger partial charge in [-0.05, 0) is 17.5 Å². The zero-order valence-electron chi connectivity index (χ0n) is 11.6. The molecule has 1 aromatic rings. The van der Waals surface area contributed by atoms with E-state index in [1.807, 2.05) is 6.92 Å². The molecule has 1 unspecified atom stereocenters. The van der Waals surface area contributed by atoms with Crippen molar-refractivity contribution in [2.24, 2.45) is 0 Å². The van der Waals surface area contributed by atoms with E-state index in [4.69, 9.17) is 0 Å². The lowest BCUT2D eigenvalue weighted by molar-refractivity contribution is -0.119. The highest BCUT2D eigenvalue weighted by Crippen LogP contribution is 2.40. The van der Waals surface area contributed by atoms with Crippen LogP contribution >= 0.6 is 0 Å². The number of carbonyl (C=O) groups is 1. The molecule has 1 heterocycles. The van der Waals surface area contributed by atoms with E-state index in [9.17, 15) is 4.79 Å². The summed E-state index contributed by atoms with van der Waals surface area (Å²) in [6.07, 6.45) is 4.91. The molecule has 0 saturated carbocycles. The summed E-state index contributed by atoms with van der Waals surface area (Å²) in [6, 6.07) is 8.72. The molecule has 0 aromatic heterocycles. The number of hydrogen-bond donors (Lipinski definition) is 0. The Kier molecular flexibility index (Phi) is 3.52. The number of nitrogens with zero attached hydrogens (tertiary/aromatic N) is 1. The molecule has 1 aliphatic heterocycles. The summed E-state index contributed by atoms with van der Waals surface area (Å²) in [5.41, 5.74) is 4.46. The van der Waals surface area contributed by atoms with Gasteiger partial charge in [0.15, 0.2) is 0 Å². The van der Waals surface area contributed by atoms with Crippen molar-refractivity contribution in [2.45, 2.75) is 32.1 Å². The molecule has 0 amide bonds. The molecular formula is C17H21NO. The molecular weight excluding hydrogens is 234 g/mol. The van der Waals surface area contributed by atoms with Crippen molar-refractivity contribution < 1.29 is 4.79 Å². The van der Waals surface area contributed by atoms with Gasteiger partial charge in [0.2, 0.25) is 0 Å². The molecule has 0 radical (unpaired) electrons. The first-order valence-electron chi connectivity index (χ1n) is 7.31. The van der Waals surface area contributed by atoms with Crippen LogP contribution in [0.25, 0.3) is 6.08 Å². The van der Waals surface area contributed by atoms with E-state index in [1.54, 1.807) is 5.57 Å². The monoisotopic (exact) mass is 255 g/mol. The summed E-state index contributed by atoms with van der Waals surface area (Å²) in [5, 5.41) is 0. The third-order valence-corrected chi connectivity index (χ3v) is 4.42. The number of rotatable bonds is 4. The van der Waals surface area contributed by atoms with E-state index < -0.39 is 0 Å². The zero-order chi connectivity index (χ0) is 13.2. The van der Waals surface area contributed by atoms with Crippen LogP contribution in [0.5, 0.6) is 0 Å². The highest BCUT2D eigenvalue weighted by atomic mass is 16.1. The fourth-order valence-corrected chi connectivity index (χ4v) is 3.22. The first-order chi connectivity index (χ1) is 9.28. The minimum atomic E-state index is 0.383. The molecule has 19 heavy (non-hydrogen) atoms. The molecule has 2 heteroatoms. The number of benzene rings is 1. The Labute approximate surface area is 115 Å². The average Bonchev–Trinajstić information content (AvgIpc) is 2.82. The lowest BCUT2D eigenvalue weighted by atomic mass is 9.90. The van der Waals surface area contributed by atoms with Crippen LogP contribution in [0.15, 0.2) is 29.8 Å². The number of likely N-dealkylation sites (tertiary alicyclic amines) is 1. The maximum atomic E-state index is 11.4. The Morgan fingerprint density at radius 1 is 1.37 bits per heavy atom. The number of ketones is 1. The summed E-state index contributed by atoms with van der Waals surface area (Å²) in [7, 11) is 0. The van der Waals surface area contributed by atoms with Gasteiger partial charge in [0.25, 0.3) is 0 Å². The summed E-state index contributed by atoms with van der Waals surface area (Å²) in [4.78, 5) is 13.9. The second kappa shape index (κ2) is 5.30. The standard InChI is InChI=1S/C17H21NO/c1-2-15(19)8-10-18-9-7-14-11-13-5-3-4-6-16(13)17(14)12-18/h3-6,11,17H,2,7-10,12H2,1H3. The van der Waals surface area contributed by atoms with Gasteiger partial charge in [-0.25, -0.2) is 0 Å². The SMILES string of the molecule is CCC(=O)CCN1CCC2=Cc3ccccc3C2C1. The van der Waals surface area contributed by atoms with Crippen LogP contribution in [-0.4, -0.2) is 30.3 Å². The molecule has 1 aliphatic carbocycles. The van der Waals surface area contributed by atoms with Crippen LogP contribution in [0.2, 0.25) is 0 Å². The molecule has 100 valence electrons. The van der Waals surface area contributed by atoms with Crippen molar-refractivity contribution in [2.75, 3.05) is 19.6 Å². The summed E-state index contributed by atoms with van der Waals surface area (Å²) < 4.78 is 0. The van der Waals surface area contributed by atoms with Gasteiger partial charge in [-0.3, -0.25) is 4.79 Å². The van der Waals surface area contributed by atoms with Crippen molar-refractivity contribution in [1.29, 1.82) is 0 Å². The molecule has 3 rings (SSSR count). The molecule has 1 fully saturated rings. The Balaban J connectivity index is 1.67. The Morgan fingerprint density at radius 3 is 3.05 bits per heavy atom. The van der Waals surface area contributed by atoms with Crippen molar-refractivity contribution in [3.8, 4) is 0 Å². The fraction of sp³-hybridized carbons (Fsp3) is 0.471. The zero-order valence-corrected chi connectivity index (χ0v) is 11.6. The van der Waals surface area contributed by atoms with E-state index in [0.29, 0.717) is 24.5 Å². The highest BCUT2D eigenvalue weighted by molar-refractivity contribution is 5.78. The summed E-state index contributed by atoms with van der Waals surface area (Å²) in [6.45, 7) is 5.07. The molecule has 2 aliphatic rings. The third kappa shape index (κ3) is 2.50. The summed E-state index contributed by atoms with van der Waals surface area (Å²) in [5.74, 6) is 0.954. The minimum Gasteiger partial charge on any atom is -0.302 e. The number of fused-ring (bicyclic) bond motifs is 3. The van der Waals surface area contributed by atoms with Crippen molar-refractivity contribution >= 4 is 11.9 Å². The van der Waals surface area contributed by atoms with Crippen molar-refractivity contribution in [3.63, 3.8) is 0 Å². The molecule has 0 bridgehead atoms. The quantitative estimate of drug-likeness (QED) is 0.823. The largest absolute Gasteiger partial charge is 0.302 e. The van der Waals surface area contributed by atoms with Gasteiger partial charge in [0.05, 0.1) is 0 Å². The smallest absolute Gasteiger partial charge is 0.133 e. The lowest BCUT2D eigenvalue weighted by Crippen LogP contribution is -2.36. The van der Waals surface area contributed by atoms with E-state index in [-0.39, 0.29) is 0 Å². The van der Waals surface area contributed by atoms with Crippen molar-refractivity contribution in [3.05, 3.63) is 41.0 Å². The number of piperidine rings is 1. The maximum absolute atomic E-state index is 11.4. The van der Waals surface area contributed by atoms with Gasteiger partial charge in [-0.2, -0.15) is 0 Å². The first kappa shape index (κ1) is 12.6.